The van der Waals surface area contributed by atoms with E-state index in [0.29, 0.717) is 0 Å². The summed E-state index contributed by atoms with van der Waals surface area (Å²) in [6, 6.07) is 56.9. The van der Waals surface area contributed by atoms with Gasteiger partial charge < -0.3 is 9.64 Å². The maximum absolute atomic E-state index is 7.57. The van der Waals surface area contributed by atoms with Gasteiger partial charge >= 0.3 is 0 Å². The number of pyridine rings is 1. The summed E-state index contributed by atoms with van der Waals surface area (Å²) in [5.41, 5.74) is 19.9. The maximum Gasteiger partial charge on any atom is 0.145 e. The smallest absolute Gasteiger partial charge is 0.145 e. The third kappa shape index (κ3) is 8.86. The van der Waals surface area contributed by atoms with Gasteiger partial charge in [-0.05, 0) is 159 Å². The molecule has 398 valence electrons. The fourth-order valence-electron chi connectivity index (χ4n) is 13.2. The monoisotopic (exact) mass is 1030 g/mol. The molecule has 0 spiro atoms. The van der Waals surface area contributed by atoms with Gasteiger partial charge in [0.25, 0.3) is 0 Å². The molecule has 5 heteroatoms. The van der Waals surface area contributed by atoms with Crippen LogP contribution in [0.1, 0.15) is 195 Å². The number of aryl methyl sites for hydroxylation is 1. The second-order valence-electron chi connectivity index (χ2n) is 25.9. The van der Waals surface area contributed by atoms with E-state index in [4.69, 9.17) is 14.7 Å². The van der Waals surface area contributed by atoms with Crippen molar-refractivity contribution in [2.24, 2.45) is 4.99 Å². The highest BCUT2D eigenvalue weighted by Gasteiger charge is 2.50. The van der Waals surface area contributed by atoms with E-state index in [2.05, 4.69) is 272 Å². The second kappa shape index (κ2) is 19.6. The van der Waals surface area contributed by atoms with Crippen LogP contribution in [0.5, 0.6) is 11.5 Å². The molecule has 0 fully saturated rings. The number of rotatable bonds is 12. The zero-order chi connectivity index (χ0) is 55.3. The molecule has 0 saturated carbocycles. The van der Waals surface area contributed by atoms with E-state index in [1.54, 1.807) is 0 Å². The normalized spacial score (nSPS) is 15.9. The summed E-state index contributed by atoms with van der Waals surface area (Å²) in [7, 11) is 0. The Labute approximate surface area is 465 Å². The van der Waals surface area contributed by atoms with E-state index in [-0.39, 0.29) is 46.5 Å². The summed E-state index contributed by atoms with van der Waals surface area (Å²) in [6.45, 7) is 37.3. The molecule has 2 aliphatic heterocycles. The molecule has 0 unspecified atom stereocenters. The van der Waals surface area contributed by atoms with Crippen LogP contribution in [0.25, 0.3) is 38.8 Å². The Balaban J connectivity index is 1.18. The van der Waals surface area contributed by atoms with Gasteiger partial charge in [-0.15, -0.1) is 0 Å². The lowest BCUT2D eigenvalue weighted by Gasteiger charge is -2.42. The Morgan fingerprint density at radius 3 is 1.69 bits per heavy atom. The van der Waals surface area contributed by atoms with Crippen molar-refractivity contribution in [3.05, 3.63) is 219 Å². The van der Waals surface area contributed by atoms with Gasteiger partial charge in [-0.1, -0.05) is 193 Å². The van der Waals surface area contributed by atoms with Gasteiger partial charge in [0.2, 0.25) is 0 Å². The van der Waals surface area contributed by atoms with Crippen LogP contribution in [0, 0.1) is 6.92 Å². The summed E-state index contributed by atoms with van der Waals surface area (Å²) < 4.78 is 9.98. The van der Waals surface area contributed by atoms with Gasteiger partial charge in [0.15, 0.2) is 0 Å². The number of ether oxygens (including phenoxy) is 1. The van der Waals surface area contributed by atoms with Crippen molar-refractivity contribution in [3.63, 3.8) is 0 Å². The predicted octanol–water partition coefficient (Wildman–Crippen LogP) is 19.6. The summed E-state index contributed by atoms with van der Waals surface area (Å²) >= 11 is 0. The quantitative estimate of drug-likeness (QED) is 0.122. The number of hydrogen-bond acceptors (Lipinski definition) is 4. The minimum Gasteiger partial charge on any atom is -0.457 e. The lowest BCUT2D eigenvalue weighted by Crippen LogP contribution is -2.49. The molecule has 78 heavy (non-hydrogen) atoms. The van der Waals surface area contributed by atoms with Crippen LogP contribution < -0.4 is 9.64 Å². The van der Waals surface area contributed by atoms with Crippen molar-refractivity contribution in [2.45, 2.75) is 163 Å². The van der Waals surface area contributed by atoms with E-state index >= 15 is 0 Å². The first-order valence-electron chi connectivity index (χ1n) is 28.7. The van der Waals surface area contributed by atoms with E-state index in [0.717, 1.165) is 45.4 Å². The third-order valence-electron chi connectivity index (χ3n) is 17.3. The lowest BCUT2D eigenvalue weighted by molar-refractivity contribution is 0.405. The number of fused-ring (bicyclic) bond motifs is 5. The van der Waals surface area contributed by atoms with Gasteiger partial charge in [-0.3, -0.25) is 9.56 Å². The van der Waals surface area contributed by atoms with Gasteiger partial charge in [-0.2, -0.15) is 0 Å². The minimum atomic E-state index is -0.551. The Bertz CT molecular complexity index is 3690. The zero-order valence-electron chi connectivity index (χ0n) is 49.2. The first-order valence-corrected chi connectivity index (χ1v) is 28.7. The molecule has 0 aliphatic carbocycles. The summed E-state index contributed by atoms with van der Waals surface area (Å²) in [4.78, 5) is 13.9. The van der Waals surface area contributed by atoms with Crippen LogP contribution in [0.2, 0.25) is 0 Å². The topological polar surface area (TPSA) is 42.6 Å². The molecule has 4 heterocycles. The van der Waals surface area contributed by atoms with Crippen molar-refractivity contribution < 1.29 is 4.74 Å². The van der Waals surface area contributed by atoms with Gasteiger partial charge in [0.05, 0.1) is 22.8 Å². The minimum absolute atomic E-state index is 0.0182. The molecule has 0 amide bonds. The first kappa shape index (κ1) is 52.8. The fraction of sp³-hybridized carbons (Fsp3) is 0.342. The molecule has 0 saturated heterocycles. The average molecular weight is 1030 g/mol. The van der Waals surface area contributed by atoms with E-state index in [1.807, 2.05) is 6.20 Å². The van der Waals surface area contributed by atoms with Gasteiger partial charge in [0, 0.05) is 45.6 Å². The molecule has 0 radical (unpaired) electrons. The van der Waals surface area contributed by atoms with Crippen LogP contribution in [0.15, 0.2) is 163 Å². The summed E-state index contributed by atoms with van der Waals surface area (Å²) in [5.74, 6) is 3.62. The van der Waals surface area contributed by atoms with Crippen molar-refractivity contribution in [1.82, 2.24) is 9.55 Å². The number of aliphatic imine (C=N–C) groups is 1. The highest BCUT2D eigenvalue weighted by molar-refractivity contribution is 6.14. The van der Waals surface area contributed by atoms with Crippen molar-refractivity contribution in [3.8, 4) is 28.3 Å². The number of para-hydroxylation sites is 1. The average Bonchev–Trinajstić information content (AvgIpc) is 4.03. The number of benzene rings is 7. The molecule has 0 N–H and O–H groups in total. The highest BCUT2D eigenvalue weighted by atomic mass is 16.5. The molecule has 7 aromatic carbocycles. The van der Waals surface area contributed by atoms with E-state index < -0.39 is 5.54 Å². The third-order valence-corrected chi connectivity index (χ3v) is 17.3. The number of hydrogen-bond donors (Lipinski definition) is 0. The summed E-state index contributed by atoms with van der Waals surface area (Å²) in [5, 5.41) is 2.41. The maximum atomic E-state index is 7.57. The number of aromatic nitrogens is 2. The number of anilines is 1. The molecule has 11 rings (SSSR count). The standard InChI is InChI=1S/C73H80N4O/c1-43(2)54-30-23-31-55(44(3)4)65(54)50-37-51(69-75-73(15,16)68(64(48-26-19-17-20-27-48)49-28-21-18-22-29-49)77(69)66-56(45(5)6)32-24-33-57(66)46(7)8)39-53(38-50)78-63-42-62-60(36-47(63)9)72(13,14)61-41-52(71(10,11)12)40-59-58-34-25-35-74-70(58)76(62)67(59)61/h17-46,64,68H,1-16H3/t68-/m0/s1. The van der Waals surface area contributed by atoms with Crippen LogP contribution in [-0.2, 0) is 10.8 Å². The van der Waals surface area contributed by atoms with Crippen LogP contribution in [0.4, 0.5) is 5.69 Å². The van der Waals surface area contributed by atoms with Crippen molar-refractivity contribution in [2.75, 3.05) is 4.90 Å². The van der Waals surface area contributed by atoms with E-state index in [1.165, 1.54) is 77.6 Å². The Morgan fingerprint density at radius 2 is 1.13 bits per heavy atom. The second-order valence-corrected chi connectivity index (χ2v) is 25.9. The highest BCUT2D eigenvalue weighted by Crippen LogP contribution is 2.53. The largest absolute Gasteiger partial charge is 0.457 e. The molecular formula is C73H80N4O. The molecule has 1 atom stereocenters. The predicted molar refractivity (Wildman–Crippen MR) is 331 cm³/mol. The number of nitrogens with zero attached hydrogens (tertiary/aromatic N) is 4. The molecule has 9 aromatic rings. The molecule has 5 nitrogen and oxygen atoms in total. The fourth-order valence-corrected chi connectivity index (χ4v) is 13.2. The SMILES string of the molecule is Cc1cc2c(cc1Oc1cc(C3=NC(C)(C)[C@H](C(c4ccccc4)c4ccccc4)N3c3c(C(C)C)cccc3C(C)C)cc(-c3c(C(C)C)cccc3C(C)C)c1)-n1c3ncccc3c3cc(C(C)(C)C)cc(c31)C2(C)C. The Hall–Kier alpha value is -7.24. The Kier molecular flexibility index (Phi) is 13.3. The van der Waals surface area contributed by atoms with Crippen molar-refractivity contribution >= 4 is 33.5 Å². The molecule has 2 aliphatic rings. The van der Waals surface area contributed by atoms with Crippen LogP contribution >= 0.6 is 0 Å². The molecule has 2 aromatic heterocycles. The first-order chi connectivity index (χ1) is 37.1. The molecular weight excluding hydrogens is 949 g/mol. The van der Waals surface area contributed by atoms with Crippen LogP contribution in [-0.4, -0.2) is 27.0 Å². The van der Waals surface area contributed by atoms with Gasteiger partial charge in [0.1, 0.15) is 23.0 Å². The Morgan fingerprint density at radius 1 is 0.564 bits per heavy atom. The van der Waals surface area contributed by atoms with Crippen molar-refractivity contribution in [1.29, 1.82) is 0 Å². The van der Waals surface area contributed by atoms with E-state index in [9.17, 15) is 0 Å². The number of amidine groups is 1. The summed E-state index contributed by atoms with van der Waals surface area (Å²) in [6.07, 6.45) is 1.93. The lowest BCUT2D eigenvalue weighted by atomic mass is 9.72. The van der Waals surface area contributed by atoms with Gasteiger partial charge in [-0.25, -0.2) is 4.98 Å². The van der Waals surface area contributed by atoms with Crippen LogP contribution in [0.3, 0.4) is 0 Å². The molecule has 0 bridgehead atoms. The zero-order valence-corrected chi connectivity index (χ0v) is 49.2.